The van der Waals surface area contributed by atoms with E-state index < -0.39 is 22.4 Å². The second-order valence-corrected chi connectivity index (χ2v) is 6.16. The summed E-state index contributed by atoms with van der Waals surface area (Å²) in [7, 11) is -3.72. The number of aliphatic hydroxyl groups excluding tert-OH is 1. The SMILES string of the molecule is O=S(=O)(NC1CCCOC1)c1ccc(F)c(CO)c1. The minimum Gasteiger partial charge on any atom is -0.392 e. The average Bonchev–Trinajstić information content (AvgIpc) is 2.39. The molecule has 0 bridgehead atoms. The molecule has 5 nitrogen and oxygen atoms in total. The van der Waals surface area contributed by atoms with Gasteiger partial charge in [0, 0.05) is 18.2 Å². The van der Waals surface area contributed by atoms with Crippen molar-refractivity contribution in [1.29, 1.82) is 0 Å². The highest BCUT2D eigenvalue weighted by molar-refractivity contribution is 7.89. The number of halogens is 1. The maximum atomic E-state index is 13.2. The molecule has 0 saturated carbocycles. The molecule has 1 aliphatic heterocycles. The van der Waals surface area contributed by atoms with Crippen LogP contribution in [-0.2, 0) is 21.4 Å². The van der Waals surface area contributed by atoms with Gasteiger partial charge >= 0.3 is 0 Å². The number of sulfonamides is 1. The lowest BCUT2D eigenvalue weighted by atomic mass is 10.1. The molecule has 7 heteroatoms. The van der Waals surface area contributed by atoms with Crippen molar-refractivity contribution >= 4 is 10.0 Å². The summed E-state index contributed by atoms with van der Waals surface area (Å²) in [5.41, 5.74) is -0.0391. The molecule has 0 radical (unpaired) electrons. The summed E-state index contributed by atoms with van der Waals surface area (Å²) in [6.07, 6.45) is 1.52. The second-order valence-electron chi connectivity index (χ2n) is 4.45. The van der Waals surface area contributed by atoms with E-state index in [0.717, 1.165) is 18.6 Å². The molecule has 2 rings (SSSR count). The van der Waals surface area contributed by atoms with Gasteiger partial charge in [-0.05, 0) is 31.0 Å². The number of nitrogens with one attached hydrogen (secondary N) is 1. The highest BCUT2D eigenvalue weighted by atomic mass is 32.2. The molecular weight excluding hydrogens is 273 g/mol. The van der Waals surface area contributed by atoms with Gasteiger partial charge in [0.2, 0.25) is 10.0 Å². The maximum Gasteiger partial charge on any atom is 0.240 e. The van der Waals surface area contributed by atoms with Crippen molar-refractivity contribution in [3.8, 4) is 0 Å². The van der Waals surface area contributed by atoms with E-state index in [4.69, 9.17) is 9.84 Å². The Morgan fingerprint density at radius 3 is 2.89 bits per heavy atom. The topological polar surface area (TPSA) is 75.6 Å². The lowest BCUT2D eigenvalue weighted by molar-refractivity contribution is 0.0774. The third-order valence-corrected chi connectivity index (χ3v) is 4.50. The van der Waals surface area contributed by atoms with E-state index in [2.05, 4.69) is 4.72 Å². The first-order chi connectivity index (χ1) is 9.03. The number of rotatable bonds is 4. The van der Waals surface area contributed by atoms with Crippen molar-refractivity contribution in [2.75, 3.05) is 13.2 Å². The Bertz CT molecular complexity index is 541. The molecule has 0 amide bonds. The third kappa shape index (κ3) is 3.50. The number of benzene rings is 1. The smallest absolute Gasteiger partial charge is 0.240 e. The summed E-state index contributed by atoms with van der Waals surface area (Å²) in [4.78, 5) is -0.0523. The molecule has 1 saturated heterocycles. The first-order valence-electron chi connectivity index (χ1n) is 6.02. The lowest BCUT2D eigenvalue weighted by Gasteiger charge is -2.23. The molecule has 1 aromatic carbocycles. The van der Waals surface area contributed by atoms with Crippen molar-refractivity contribution in [3.05, 3.63) is 29.6 Å². The Hall–Kier alpha value is -1.02. The van der Waals surface area contributed by atoms with Crippen LogP contribution in [0, 0.1) is 5.82 Å². The van der Waals surface area contributed by atoms with E-state index in [0.29, 0.717) is 19.6 Å². The second kappa shape index (κ2) is 5.96. The number of hydrogen-bond acceptors (Lipinski definition) is 4. The zero-order chi connectivity index (χ0) is 13.9. The monoisotopic (exact) mass is 289 g/mol. The van der Waals surface area contributed by atoms with E-state index in [9.17, 15) is 12.8 Å². The van der Waals surface area contributed by atoms with Gasteiger partial charge in [-0.3, -0.25) is 0 Å². The van der Waals surface area contributed by atoms with Crippen LogP contribution < -0.4 is 4.72 Å². The van der Waals surface area contributed by atoms with Crippen molar-refractivity contribution in [2.24, 2.45) is 0 Å². The largest absolute Gasteiger partial charge is 0.392 e. The Labute approximate surface area is 111 Å². The fourth-order valence-electron chi connectivity index (χ4n) is 1.96. The summed E-state index contributed by atoms with van der Waals surface area (Å²) in [6, 6.07) is 3.10. The molecule has 1 aromatic rings. The molecule has 19 heavy (non-hydrogen) atoms. The zero-order valence-electron chi connectivity index (χ0n) is 10.3. The molecule has 1 heterocycles. The minimum absolute atomic E-state index is 0.0391. The number of aliphatic hydroxyl groups is 1. The summed E-state index contributed by atoms with van der Waals surface area (Å²) >= 11 is 0. The predicted octanol–water partition coefficient (Wildman–Crippen LogP) is 0.775. The first-order valence-corrected chi connectivity index (χ1v) is 7.50. The number of hydrogen-bond donors (Lipinski definition) is 2. The van der Waals surface area contributed by atoms with E-state index in [-0.39, 0.29) is 16.5 Å². The van der Waals surface area contributed by atoms with E-state index >= 15 is 0 Å². The Morgan fingerprint density at radius 1 is 1.47 bits per heavy atom. The van der Waals surface area contributed by atoms with Crippen LogP contribution in [0.15, 0.2) is 23.1 Å². The van der Waals surface area contributed by atoms with Crippen LogP contribution in [0.1, 0.15) is 18.4 Å². The molecule has 1 atom stereocenters. The Morgan fingerprint density at radius 2 is 2.26 bits per heavy atom. The van der Waals surface area contributed by atoms with Gasteiger partial charge in [-0.1, -0.05) is 0 Å². The van der Waals surface area contributed by atoms with E-state index in [1.54, 1.807) is 0 Å². The number of ether oxygens (including phenoxy) is 1. The van der Waals surface area contributed by atoms with Crippen LogP contribution in [0.3, 0.4) is 0 Å². The lowest BCUT2D eigenvalue weighted by Crippen LogP contribution is -2.40. The van der Waals surface area contributed by atoms with Gasteiger partial charge in [-0.25, -0.2) is 17.5 Å². The summed E-state index contributed by atoms with van der Waals surface area (Å²) in [6.45, 7) is 0.443. The molecular formula is C12H16FNO4S. The highest BCUT2D eigenvalue weighted by Gasteiger charge is 2.22. The van der Waals surface area contributed by atoms with Gasteiger partial charge < -0.3 is 9.84 Å². The quantitative estimate of drug-likeness (QED) is 0.858. The van der Waals surface area contributed by atoms with Gasteiger partial charge in [0.15, 0.2) is 0 Å². The maximum absolute atomic E-state index is 13.2. The summed E-state index contributed by atoms with van der Waals surface area (Å²) in [5.74, 6) is -0.623. The molecule has 106 valence electrons. The van der Waals surface area contributed by atoms with Gasteiger partial charge in [-0.15, -0.1) is 0 Å². The molecule has 1 unspecified atom stereocenters. The van der Waals surface area contributed by atoms with Crippen molar-refractivity contribution in [1.82, 2.24) is 4.72 Å². The van der Waals surface area contributed by atoms with Gasteiger partial charge in [0.05, 0.1) is 18.1 Å². The first kappa shape index (κ1) is 14.4. The molecule has 0 spiro atoms. The van der Waals surface area contributed by atoms with Crippen LogP contribution >= 0.6 is 0 Å². The summed E-state index contributed by atoms with van der Waals surface area (Å²) in [5, 5.41) is 8.95. The third-order valence-electron chi connectivity index (χ3n) is 2.98. The fourth-order valence-corrected chi connectivity index (χ4v) is 3.27. The van der Waals surface area contributed by atoms with Crippen LogP contribution in [0.5, 0.6) is 0 Å². The molecule has 1 aliphatic rings. The van der Waals surface area contributed by atoms with Gasteiger partial charge in [0.1, 0.15) is 5.82 Å². The normalized spacial score (nSPS) is 20.4. The van der Waals surface area contributed by atoms with Crippen LogP contribution in [0.25, 0.3) is 0 Å². The Kier molecular flexibility index (Phi) is 4.51. The molecule has 0 aliphatic carbocycles. The van der Waals surface area contributed by atoms with Crippen LogP contribution in [-0.4, -0.2) is 32.8 Å². The highest BCUT2D eigenvalue weighted by Crippen LogP contribution is 2.17. The Balaban J connectivity index is 2.18. The zero-order valence-corrected chi connectivity index (χ0v) is 11.1. The van der Waals surface area contributed by atoms with E-state index in [1.807, 2.05) is 0 Å². The van der Waals surface area contributed by atoms with Crippen molar-refractivity contribution in [3.63, 3.8) is 0 Å². The summed E-state index contributed by atoms with van der Waals surface area (Å²) < 4.78 is 45.2. The van der Waals surface area contributed by atoms with Gasteiger partial charge in [0.25, 0.3) is 0 Å². The molecule has 2 N–H and O–H groups in total. The van der Waals surface area contributed by atoms with Crippen LogP contribution in [0.4, 0.5) is 4.39 Å². The minimum atomic E-state index is -3.72. The standard InChI is InChI=1S/C12H16FNO4S/c13-12-4-3-11(6-9(12)7-15)19(16,17)14-10-2-1-5-18-8-10/h3-4,6,10,14-15H,1-2,5,7-8H2. The van der Waals surface area contributed by atoms with Gasteiger partial charge in [-0.2, -0.15) is 0 Å². The average molecular weight is 289 g/mol. The van der Waals surface area contributed by atoms with E-state index in [1.165, 1.54) is 6.07 Å². The van der Waals surface area contributed by atoms with Crippen molar-refractivity contribution in [2.45, 2.75) is 30.4 Å². The predicted molar refractivity (Wildman–Crippen MR) is 66.5 cm³/mol. The van der Waals surface area contributed by atoms with Crippen LogP contribution in [0.2, 0.25) is 0 Å². The molecule has 0 aromatic heterocycles. The fraction of sp³-hybridized carbons (Fsp3) is 0.500. The van der Waals surface area contributed by atoms with Crippen molar-refractivity contribution < 1.29 is 22.7 Å². The molecule has 1 fully saturated rings.